The van der Waals surface area contributed by atoms with E-state index in [9.17, 15) is 0 Å². The SMILES string of the molecule is CC(C#N)Cc1ccc(C2CCC(C)CC2)cc1. The number of hydrogen-bond donors (Lipinski definition) is 0. The summed E-state index contributed by atoms with van der Waals surface area (Å²) in [5.74, 6) is 1.80. The van der Waals surface area contributed by atoms with Gasteiger partial charge >= 0.3 is 0 Å². The van der Waals surface area contributed by atoms with Gasteiger partial charge in [0.1, 0.15) is 0 Å². The zero-order valence-electron chi connectivity index (χ0n) is 11.5. The third-order valence-corrected chi connectivity index (χ3v) is 4.23. The molecule has 1 atom stereocenters. The summed E-state index contributed by atoms with van der Waals surface area (Å²) >= 11 is 0. The lowest BCUT2D eigenvalue weighted by Crippen LogP contribution is -2.10. The first-order valence-electron chi connectivity index (χ1n) is 7.17. The highest BCUT2D eigenvalue weighted by Crippen LogP contribution is 2.35. The summed E-state index contributed by atoms with van der Waals surface area (Å²) in [6, 6.07) is 11.3. The lowest BCUT2D eigenvalue weighted by Gasteiger charge is -2.26. The van der Waals surface area contributed by atoms with Crippen molar-refractivity contribution in [3.05, 3.63) is 35.4 Å². The first-order valence-corrected chi connectivity index (χ1v) is 7.17. The van der Waals surface area contributed by atoms with E-state index < -0.39 is 0 Å². The lowest BCUT2D eigenvalue weighted by atomic mass is 9.79. The maximum Gasteiger partial charge on any atom is 0.0656 e. The fourth-order valence-electron chi connectivity index (χ4n) is 2.92. The first-order chi connectivity index (χ1) is 8.69. The molecule has 0 amide bonds. The molecular formula is C17H23N. The van der Waals surface area contributed by atoms with E-state index in [0.717, 1.165) is 18.3 Å². The van der Waals surface area contributed by atoms with Gasteiger partial charge in [-0.05, 0) is 49.1 Å². The maximum absolute atomic E-state index is 8.83. The van der Waals surface area contributed by atoms with Crippen molar-refractivity contribution in [2.75, 3.05) is 0 Å². The summed E-state index contributed by atoms with van der Waals surface area (Å²) in [7, 11) is 0. The molecule has 0 aromatic heterocycles. The molecule has 1 aliphatic rings. The molecule has 0 spiro atoms. The summed E-state index contributed by atoms with van der Waals surface area (Å²) < 4.78 is 0. The van der Waals surface area contributed by atoms with E-state index in [1.54, 1.807) is 0 Å². The van der Waals surface area contributed by atoms with Crippen LogP contribution in [0.15, 0.2) is 24.3 Å². The Kier molecular flexibility index (Phi) is 4.42. The molecule has 0 N–H and O–H groups in total. The Morgan fingerprint density at radius 3 is 2.33 bits per heavy atom. The maximum atomic E-state index is 8.83. The Morgan fingerprint density at radius 2 is 1.78 bits per heavy atom. The number of hydrogen-bond acceptors (Lipinski definition) is 1. The molecule has 1 aromatic carbocycles. The van der Waals surface area contributed by atoms with Crippen LogP contribution >= 0.6 is 0 Å². The van der Waals surface area contributed by atoms with Crippen molar-refractivity contribution in [2.24, 2.45) is 11.8 Å². The lowest BCUT2D eigenvalue weighted by molar-refractivity contribution is 0.348. The molecule has 0 heterocycles. The second kappa shape index (κ2) is 6.05. The van der Waals surface area contributed by atoms with Crippen LogP contribution in [0.4, 0.5) is 0 Å². The molecule has 1 aromatic rings. The van der Waals surface area contributed by atoms with Crippen molar-refractivity contribution < 1.29 is 0 Å². The van der Waals surface area contributed by atoms with Crippen molar-refractivity contribution in [2.45, 2.75) is 51.9 Å². The van der Waals surface area contributed by atoms with Gasteiger partial charge in [-0.25, -0.2) is 0 Å². The molecule has 0 saturated heterocycles. The molecule has 0 bridgehead atoms. The molecule has 1 unspecified atom stereocenters. The van der Waals surface area contributed by atoms with Gasteiger partial charge in [-0.1, -0.05) is 44.0 Å². The third kappa shape index (κ3) is 3.35. The summed E-state index contributed by atoms with van der Waals surface area (Å²) in [5, 5.41) is 8.83. The van der Waals surface area contributed by atoms with Crippen LogP contribution in [0.3, 0.4) is 0 Å². The Balaban J connectivity index is 1.97. The van der Waals surface area contributed by atoms with Crippen LogP contribution in [0.5, 0.6) is 0 Å². The van der Waals surface area contributed by atoms with E-state index in [0.29, 0.717) is 0 Å². The average Bonchev–Trinajstić information content (AvgIpc) is 2.40. The van der Waals surface area contributed by atoms with Gasteiger partial charge < -0.3 is 0 Å². The minimum atomic E-state index is 0.117. The summed E-state index contributed by atoms with van der Waals surface area (Å²) in [5.41, 5.74) is 2.78. The molecule has 96 valence electrons. The van der Waals surface area contributed by atoms with Crippen LogP contribution in [0, 0.1) is 23.2 Å². The van der Waals surface area contributed by atoms with Gasteiger partial charge in [-0.15, -0.1) is 0 Å². The Bertz CT molecular complexity index is 404. The summed E-state index contributed by atoms with van der Waals surface area (Å²) in [4.78, 5) is 0. The van der Waals surface area contributed by atoms with Crippen molar-refractivity contribution in [3.8, 4) is 6.07 Å². The highest BCUT2D eigenvalue weighted by molar-refractivity contribution is 5.26. The van der Waals surface area contributed by atoms with Crippen LogP contribution in [0.25, 0.3) is 0 Å². The van der Waals surface area contributed by atoms with Gasteiger partial charge in [0.2, 0.25) is 0 Å². The second-order valence-electron chi connectivity index (χ2n) is 5.93. The van der Waals surface area contributed by atoms with Gasteiger partial charge in [0.05, 0.1) is 6.07 Å². The zero-order chi connectivity index (χ0) is 13.0. The van der Waals surface area contributed by atoms with E-state index in [4.69, 9.17) is 5.26 Å². The molecule has 1 aliphatic carbocycles. The summed E-state index contributed by atoms with van der Waals surface area (Å²) in [6.45, 7) is 4.35. The molecule has 0 radical (unpaired) electrons. The Labute approximate surface area is 111 Å². The molecule has 1 heteroatoms. The van der Waals surface area contributed by atoms with Crippen molar-refractivity contribution >= 4 is 0 Å². The zero-order valence-corrected chi connectivity index (χ0v) is 11.5. The van der Waals surface area contributed by atoms with Crippen molar-refractivity contribution in [1.82, 2.24) is 0 Å². The van der Waals surface area contributed by atoms with Crippen LogP contribution in [0.1, 0.15) is 56.6 Å². The predicted octanol–water partition coefficient (Wildman–Crippen LogP) is 4.68. The number of rotatable bonds is 3. The molecule has 0 aliphatic heterocycles. The molecular weight excluding hydrogens is 218 g/mol. The standard InChI is InChI=1S/C17H23N/c1-13-3-7-16(8-4-13)17-9-5-15(6-10-17)11-14(2)12-18/h5-6,9-10,13-14,16H,3-4,7-8,11H2,1-2H3. The van der Waals surface area contributed by atoms with E-state index >= 15 is 0 Å². The van der Waals surface area contributed by atoms with E-state index in [-0.39, 0.29) is 5.92 Å². The molecule has 1 fully saturated rings. The van der Waals surface area contributed by atoms with Crippen molar-refractivity contribution in [3.63, 3.8) is 0 Å². The molecule has 18 heavy (non-hydrogen) atoms. The Hall–Kier alpha value is -1.29. The monoisotopic (exact) mass is 241 g/mol. The van der Waals surface area contributed by atoms with Gasteiger partial charge in [-0.3, -0.25) is 0 Å². The van der Waals surface area contributed by atoms with E-state index in [2.05, 4.69) is 37.3 Å². The number of benzene rings is 1. The second-order valence-corrected chi connectivity index (χ2v) is 5.93. The van der Waals surface area contributed by atoms with Crippen LogP contribution in [-0.4, -0.2) is 0 Å². The normalized spacial score (nSPS) is 25.4. The van der Waals surface area contributed by atoms with Crippen molar-refractivity contribution in [1.29, 1.82) is 5.26 Å². The topological polar surface area (TPSA) is 23.8 Å². The van der Waals surface area contributed by atoms with Crippen LogP contribution in [-0.2, 0) is 6.42 Å². The van der Waals surface area contributed by atoms with Gasteiger partial charge in [0, 0.05) is 5.92 Å². The smallest absolute Gasteiger partial charge is 0.0656 e. The van der Waals surface area contributed by atoms with Gasteiger partial charge in [-0.2, -0.15) is 5.26 Å². The predicted molar refractivity (Wildman–Crippen MR) is 75.3 cm³/mol. The third-order valence-electron chi connectivity index (χ3n) is 4.23. The average molecular weight is 241 g/mol. The Morgan fingerprint density at radius 1 is 1.17 bits per heavy atom. The highest BCUT2D eigenvalue weighted by Gasteiger charge is 2.19. The summed E-state index contributed by atoms with van der Waals surface area (Å²) in [6.07, 6.45) is 6.30. The minimum absolute atomic E-state index is 0.117. The molecule has 2 rings (SSSR count). The van der Waals surface area contributed by atoms with Gasteiger partial charge in [0.25, 0.3) is 0 Å². The van der Waals surface area contributed by atoms with Crippen LogP contribution < -0.4 is 0 Å². The molecule has 1 nitrogen and oxygen atoms in total. The first kappa shape index (κ1) is 13.1. The van der Waals surface area contributed by atoms with E-state index in [1.165, 1.54) is 36.8 Å². The fraction of sp³-hybridized carbons (Fsp3) is 0.588. The van der Waals surface area contributed by atoms with E-state index in [1.807, 2.05) is 6.92 Å². The number of nitriles is 1. The quantitative estimate of drug-likeness (QED) is 0.753. The fourth-order valence-corrected chi connectivity index (χ4v) is 2.92. The molecule has 1 saturated carbocycles. The highest BCUT2D eigenvalue weighted by atomic mass is 14.3. The van der Waals surface area contributed by atoms with Crippen LogP contribution in [0.2, 0.25) is 0 Å². The van der Waals surface area contributed by atoms with Gasteiger partial charge in [0.15, 0.2) is 0 Å². The largest absolute Gasteiger partial charge is 0.198 e. The number of nitrogens with zero attached hydrogens (tertiary/aromatic N) is 1. The minimum Gasteiger partial charge on any atom is -0.198 e.